The number of aliphatic carboxylic acids is 1. The third kappa shape index (κ3) is 8.53. The summed E-state index contributed by atoms with van der Waals surface area (Å²) in [7, 11) is 0. The van der Waals surface area contributed by atoms with E-state index in [2.05, 4.69) is 11.8 Å². The SMILES string of the molecule is CCC#CCCC(O)C=C[C@H]1CC(F)(F)C(=O)N1CCCCCCC(=O)O. The van der Waals surface area contributed by atoms with Gasteiger partial charge in [-0.3, -0.25) is 9.59 Å². The molecule has 0 aromatic heterocycles. The summed E-state index contributed by atoms with van der Waals surface area (Å²) >= 11 is 0. The maximum atomic E-state index is 13.8. The van der Waals surface area contributed by atoms with Crippen LogP contribution >= 0.6 is 0 Å². The maximum Gasteiger partial charge on any atom is 0.327 e. The highest BCUT2D eigenvalue weighted by molar-refractivity contribution is 5.86. The van der Waals surface area contributed by atoms with Crippen LogP contribution in [-0.4, -0.2) is 51.6 Å². The highest BCUT2D eigenvalue weighted by Crippen LogP contribution is 2.34. The van der Waals surface area contributed by atoms with Crippen LogP contribution in [0.5, 0.6) is 0 Å². The van der Waals surface area contributed by atoms with Gasteiger partial charge in [-0.05, 0) is 19.3 Å². The largest absolute Gasteiger partial charge is 0.481 e. The average Bonchev–Trinajstić information content (AvgIpc) is 2.82. The summed E-state index contributed by atoms with van der Waals surface area (Å²) < 4.78 is 27.6. The molecule has 27 heavy (non-hydrogen) atoms. The molecule has 1 amide bonds. The van der Waals surface area contributed by atoms with E-state index >= 15 is 0 Å². The summed E-state index contributed by atoms with van der Waals surface area (Å²) in [6.45, 7) is 2.13. The number of rotatable bonds is 11. The third-order valence-electron chi connectivity index (χ3n) is 4.40. The zero-order chi connectivity index (χ0) is 20.3. The molecule has 0 aliphatic carbocycles. The highest BCUT2D eigenvalue weighted by Gasteiger charge is 2.52. The molecular formula is C20H29F2NO4. The molecule has 1 saturated heterocycles. The molecule has 1 heterocycles. The van der Waals surface area contributed by atoms with Crippen molar-refractivity contribution in [2.75, 3.05) is 6.54 Å². The number of amides is 1. The first kappa shape index (κ1) is 23.1. The van der Waals surface area contributed by atoms with Gasteiger partial charge in [-0.1, -0.05) is 31.9 Å². The number of aliphatic hydroxyl groups is 1. The van der Waals surface area contributed by atoms with E-state index in [1.165, 1.54) is 12.2 Å². The second-order valence-corrected chi connectivity index (χ2v) is 6.73. The number of carbonyl (C=O) groups excluding carboxylic acids is 1. The Kier molecular flexibility index (Phi) is 10.0. The number of halogens is 2. The van der Waals surface area contributed by atoms with Crippen LogP contribution in [0.25, 0.3) is 0 Å². The van der Waals surface area contributed by atoms with Crippen molar-refractivity contribution in [1.29, 1.82) is 0 Å². The smallest absolute Gasteiger partial charge is 0.327 e. The summed E-state index contributed by atoms with van der Waals surface area (Å²) in [6.07, 6.45) is 5.82. The number of alkyl halides is 2. The monoisotopic (exact) mass is 385 g/mol. The van der Waals surface area contributed by atoms with Gasteiger partial charge < -0.3 is 15.1 Å². The van der Waals surface area contributed by atoms with Crippen molar-refractivity contribution < 1.29 is 28.6 Å². The van der Waals surface area contributed by atoms with Crippen molar-refractivity contribution >= 4 is 11.9 Å². The first-order valence-corrected chi connectivity index (χ1v) is 9.50. The molecule has 2 N–H and O–H groups in total. The van der Waals surface area contributed by atoms with E-state index < -0.39 is 36.4 Å². The number of unbranched alkanes of at least 4 members (excludes halogenated alkanes) is 3. The van der Waals surface area contributed by atoms with Crippen LogP contribution in [0, 0.1) is 11.8 Å². The summed E-state index contributed by atoms with van der Waals surface area (Å²) in [4.78, 5) is 23.5. The van der Waals surface area contributed by atoms with Gasteiger partial charge in [0.15, 0.2) is 0 Å². The summed E-state index contributed by atoms with van der Waals surface area (Å²) in [5, 5.41) is 18.5. The van der Waals surface area contributed by atoms with Crippen LogP contribution in [-0.2, 0) is 9.59 Å². The van der Waals surface area contributed by atoms with Gasteiger partial charge in [0.05, 0.1) is 12.1 Å². The normalized spacial score (nSPS) is 19.9. The molecule has 0 aromatic rings. The molecular weight excluding hydrogens is 356 g/mol. The first-order chi connectivity index (χ1) is 12.8. The maximum absolute atomic E-state index is 13.8. The lowest BCUT2D eigenvalue weighted by Gasteiger charge is -2.22. The van der Waals surface area contributed by atoms with Gasteiger partial charge in [0.2, 0.25) is 0 Å². The molecule has 1 rings (SSSR count). The number of likely N-dealkylation sites (tertiary alicyclic amines) is 1. The molecule has 1 fully saturated rings. The van der Waals surface area contributed by atoms with Gasteiger partial charge in [-0.15, -0.1) is 11.8 Å². The lowest BCUT2D eigenvalue weighted by Crippen LogP contribution is -2.36. The Labute approximate surface area is 159 Å². The average molecular weight is 385 g/mol. The van der Waals surface area contributed by atoms with E-state index in [9.17, 15) is 23.5 Å². The van der Waals surface area contributed by atoms with Gasteiger partial charge >= 0.3 is 11.9 Å². The topological polar surface area (TPSA) is 77.8 Å². The molecule has 0 radical (unpaired) electrons. The highest BCUT2D eigenvalue weighted by atomic mass is 19.3. The van der Waals surface area contributed by atoms with E-state index in [4.69, 9.17) is 5.11 Å². The van der Waals surface area contributed by atoms with Crippen LogP contribution in [0.1, 0.15) is 64.7 Å². The molecule has 152 valence electrons. The molecule has 0 saturated carbocycles. The zero-order valence-corrected chi connectivity index (χ0v) is 15.8. The lowest BCUT2D eigenvalue weighted by atomic mass is 10.1. The number of nitrogens with zero attached hydrogens (tertiary/aromatic N) is 1. The van der Waals surface area contributed by atoms with Gasteiger partial charge in [0, 0.05) is 32.2 Å². The summed E-state index contributed by atoms with van der Waals surface area (Å²) in [6, 6.07) is -0.733. The van der Waals surface area contributed by atoms with E-state index in [-0.39, 0.29) is 13.0 Å². The molecule has 0 spiro atoms. The van der Waals surface area contributed by atoms with Crippen LogP contribution in [0.3, 0.4) is 0 Å². The standard InChI is InChI=1S/C20H29F2NO4/c1-2-3-4-7-10-17(24)13-12-16-15-20(21,22)19(27)23(16)14-9-6-5-8-11-18(25)26/h12-13,16-17,24H,2,5-11,14-15H2,1H3,(H,25,26)/t16-,17?/m0/s1. The number of hydrogen-bond acceptors (Lipinski definition) is 3. The molecule has 2 atom stereocenters. The van der Waals surface area contributed by atoms with Crippen LogP contribution in [0.2, 0.25) is 0 Å². The molecule has 7 heteroatoms. The Hall–Kier alpha value is -1.94. The molecule has 0 aromatic carbocycles. The number of carboxylic acids is 1. The number of carboxylic acid groups (broad SMARTS) is 1. The van der Waals surface area contributed by atoms with Crippen LogP contribution in [0.4, 0.5) is 8.78 Å². The van der Waals surface area contributed by atoms with Crippen molar-refractivity contribution in [3.05, 3.63) is 12.2 Å². The zero-order valence-electron chi connectivity index (χ0n) is 15.8. The van der Waals surface area contributed by atoms with Gasteiger partial charge in [0.25, 0.3) is 5.91 Å². The minimum absolute atomic E-state index is 0.0899. The van der Waals surface area contributed by atoms with Crippen molar-refractivity contribution in [2.45, 2.75) is 82.8 Å². The quantitative estimate of drug-likeness (QED) is 0.325. The number of carbonyl (C=O) groups is 2. The van der Waals surface area contributed by atoms with Crippen LogP contribution in [0.15, 0.2) is 12.2 Å². The fourth-order valence-electron chi connectivity index (χ4n) is 2.96. The third-order valence-corrected chi connectivity index (χ3v) is 4.40. The van der Waals surface area contributed by atoms with Crippen molar-refractivity contribution in [3.8, 4) is 11.8 Å². The van der Waals surface area contributed by atoms with Crippen molar-refractivity contribution in [2.24, 2.45) is 0 Å². The van der Waals surface area contributed by atoms with Gasteiger partial charge in [-0.25, -0.2) is 0 Å². The minimum atomic E-state index is -3.38. The number of aliphatic hydroxyl groups excluding tert-OH is 1. The van der Waals surface area contributed by atoms with E-state index in [1.807, 2.05) is 6.92 Å². The second-order valence-electron chi connectivity index (χ2n) is 6.73. The number of hydrogen-bond donors (Lipinski definition) is 2. The Balaban J connectivity index is 2.50. The van der Waals surface area contributed by atoms with E-state index in [0.29, 0.717) is 38.5 Å². The Morgan fingerprint density at radius 3 is 2.70 bits per heavy atom. The van der Waals surface area contributed by atoms with Gasteiger partial charge in [-0.2, -0.15) is 8.78 Å². The Bertz CT molecular complexity index is 580. The molecule has 0 bridgehead atoms. The van der Waals surface area contributed by atoms with Crippen molar-refractivity contribution in [3.63, 3.8) is 0 Å². The Morgan fingerprint density at radius 2 is 2.04 bits per heavy atom. The Morgan fingerprint density at radius 1 is 1.33 bits per heavy atom. The molecule has 1 aliphatic rings. The predicted octanol–water partition coefficient (Wildman–Crippen LogP) is 3.37. The minimum Gasteiger partial charge on any atom is -0.481 e. The van der Waals surface area contributed by atoms with E-state index in [1.54, 1.807) is 0 Å². The lowest BCUT2D eigenvalue weighted by molar-refractivity contribution is -0.148. The molecule has 1 unspecified atom stereocenters. The summed E-state index contributed by atoms with van der Waals surface area (Å²) in [5.74, 6) is 0.401. The second kappa shape index (κ2) is 11.7. The fraction of sp³-hybridized carbons (Fsp3) is 0.700. The van der Waals surface area contributed by atoms with Crippen molar-refractivity contribution in [1.82, 2.24) is 4.90 Å². The predicted molar refractivity (Wildman–Crippen MR) is 98.2 cm³/mol. The molecule has 5 nitrogen and oxygen atoms in total. The fourth-order valence-corrected chi connectivity index (χ4v) is 2.96. The van der Waals surface area contributed by atoms with Gasteiger partial charge in [0.1, 0.15) is 0 Å². The molecule has 1 aliphatic heterocycles. The van der Waals surface area contributed by atoms with E-state index in [0.717, 1.165) is 11.3 Å². The summed E-state index contributed by atoms with van der Waals surface area (Å²) in [5.41, 5.74) is 0. The first-order valence-electron chi connectivity index (χ1n) is 9.50. The van der Waals surface area contributed by atoms with Crippen LogP contribution < -0.4 is 0 Å².